The molecule has 0 saturated carbocycles. The van der Waals surface area contributed by atoms with Gasteiger partial charge in [-0.2, -0.15) is 0 Å². The molecule has 4 heteroatoms. The fraction of sp³-hybridized carbons (Fsp3) is 0.474. The highest BCUT2D eigenvalue weighted by molar-refractivity contribution is 5.23. The highest BCUT2D eigenvalue weighted by Gasteiger charge is 2.10. The number of rotatable bonds is 9. The fourth-order valence-electron chi connectivity index (χ4n) is 2.66. The topological polar surface area (TPSA) is 41.0 Å². The highest BCUT2D eigenvalue weighted by atomic mass is 15.1. The largest absolute Gasteiger partial charge is 0.317 e. The number of pyridine rings is 2. The van der Waals surface area contributed by atoms with Gasteiger partial charge in [-0.25, -0.2) is 0 Å². The first-order chi connectivity index (χ1) is 11.2. The van der Waals surface area contributed by atoms with Crippen LogP contribution in [-0.2, 0) is 13.1 Å². The van der Waals surface area contributed by atoms with Crippen LogP contribution in [0.5, 0.6) is 0 Å². The van der Waals surface area contributed by atoms with E-state index < -0.39 is 0 Å². The SMILES string of the molecule is CCNCCCN(Cc1ccccn1)Cc1ncc(C)cc1C. The van der Waals surface area contributed by atoms with Crippen LogP contribution >= 0.6 is 0 Å². The molecule has 2 heterocycles. The number of hydrogen-bond donors (Lipinski definition) is 1. The van der Waals surface area contributed by atoms with Gasteiger partial charge in [0.05, 0.1) is 11.4 Å². The van der Waals surface area contributed by atoms with Crippen molar-refractivity contribution >= 4 is 0 Å². The van der Waals surface area contributed by atoms with Crippen LogP contribution in [-0.4, -0.2) is 34.5 Å². The zero-order valence-corrected chi connectivity index (χ0v) is 14.5. The molecule has 0 fully saturated rings. The molecule has 0 aliphatic carbocycles. The fourth-order valence-corrected chi connectivity index (χ4v) is 2.66. The van der Waals surface area contributed by atoms with Gasteiger partial charge in [-0.3, -0.25) is 14.9 Å². The summed E-state index contributed by atoms with van der Waals surface area (Å²) in [5.41, 5.74) is 4.76. The number of aromatic nitrogens is 2. The van der Waals surface area contributed by atoms with Crippen molar-refractivity contribution in [1.82, 2.24) is 20.2 Å². The highest BCUT2D eigenvalue weighted by Crippen LogP contribution is 2.12. The molecule has 0 aliphatic heterocycles. The molecule has 2 aromatic rings. The summed E-state index contributed by atoms with van der Waals surface area (Å²) < 4.78 is 0. The van der Waals surface area contributed by atoms with Gasteiger partial charge in [0.2, 0.25) is 0 Å². The maximum absolute atomic E-state index is 4.63. The lowest BCUT2D eigenvalue weighted by Crippen LogP contribution is -2.28. The Labute approximate surface area is 140 Å². The van der Waals surface area contributed by atoms with Crippen LogP contribution < -0.4 is 5.32 Å². The number of aryl methyl sites for hydroxylation is 2. The third kappa shape index (κ3) is 6.08. The Hall–Kier alpha value is -1.78. The monoisotopic (exact) mass is 312 g/mol. The van der Waals surface area contributed by atoms with Crippen LogP contribution in [0.3, 0.4) is 0 Å². The van der Waals surface area contributed by atoms with E-state index in [1.807, 2.05) is 18.5 Å². The average Bonchev–Trinajstić information content (AvgIpc) is 2.55. The lowest BCUT2D eigenvalue weighted by Gasteiger charge is -2.22. The maximum atomic E-state index is 4.63. The van der Waals surface area contributed by atoms with Crippen LogP contribution in [0, 0.1) is 13.8 Å². The van der Waals surface area contributed by atoms with Crippen molar-refractivity contribution in [3.8, 4) is 0 Å². The van der Waals surface area contributed by atoms with Gasteiger partial charge in [-0.1, -0.05) is 19.1 Å². The second kappa shape index (κ2) is 9.38. The molecule has 4 nitrogen and oxygen atoms in total. The number of hydrogen-bond acceptors (Lipinski definition) is 4. The average molecular weight is 312 g/mol. The van der Waals surface area contributed by atoms with E-state index >= 15 is 0 Å². The molecule has 0 saturated heterocycles. The van der Waals surface area contributed by atoms with E-state index in [1.54, 1.807) is 0 Å². The van der Waals surface area contributed by atoms with Gasteiger partial charge >= 0.3 is 0 Å². The van der Waals surface area contributed by atoms with Crippen molar-refractivity contribution in [3.63, 3.8) is 0 Å². The minimum absolute atomic E-state index is 0.863. The summed E-state index contributed by atoms with van der Waals surface area (Å²) in [7, 11) is 0. The smallest absolute Gasteiger partial charge is 0.0573 e. The molecule has 0 spiro atoms. The molecule has 124 valence electrons. The van der Waals surface area contributed by atoms with Gasteiger partial charge in [0, 0.05) is 32.0 Å². The van der Waals surface area contributed by atoms with Crippen LogP contribution in [0.15, 0.2) is 36.7 Å². The quantitative estimate of drug-likeness (QED) is 0.722. The Morgan fingerprint density at radius 3 is 2.70 bits per heavy atom. The van der Waals surface area contributed by atoms with Gasteiger partial charge in [0.25, 0.3) is 0 Å². The van der Waals surface area contributed by atoms with E-state index in [1.165, 1.54) is 11.1 Å². The summed E-state index contributed by atoms with van der Waals surface area (Å²) in [4.78, 5) is 11.5. The molecular formula is C19H28N4. The molecule has 0 amide bonds. The van der Waals surface area contributed by atoms with E-state index in [9.17, 15) is 0 Å². The van der Waals surface area contributed by atoms with E-state index in [0.717, 1.165) is 50.5 Å². The maximum Gasteiger partial charge on any atom is 0.0573 e. The normalized spacial score (nSPS) is 11.1. The van der Waals surface area contributed by atoms with Crippen molar-refractivity contribution in [1.29, 1.82) is 0 Å². The van der Waals surface area contributed by atoms with Gasteiger partial charge in [-0.15, -0.1) is 0 Å². The van der Waals surface area contributed by atoms with Gasteiger partial charge in [-0.05, 0) is 56.6 Å². The van der Waals surface area contributed by atoms with E-state index in [4.69, 9.17) is 0 Å². The van der Waals surface area contributed by atoms with Crippen LogP contribution in [0.1, 0.15) is 35.9 Å². The lowest BCUT2D eigenvalue weighted by molar-refractivity contribution is 0.246. The van der Waals surface area contributed by atoms with Crippen molar-refractivity contribution in [2.75, 3.05) is 19.6 Å². The lowest BCUT2D eigenvalue weighted by atomic mass is 10.1. The molecule has 0 radical (unpaired) electrons. The summed E-state index contributed by atoms with van der Waals surface area (Å²) in [6.07, 6.45) is 4.95. The summed E-state index contributed by atoms with van der Waals surface area (Å²) in [6.45, 7) is 11.2. The number of nitrogens with one attached hydrogen (secondary N) is 1. The van der Waals surface area contributed by atoms with E-state index in [-0.39, 0.29) is 0 Å². The minimum atomic E-state index is 0.863. The van der Waals surface area contributed by atoms with Crippen molar-refractivity contribution in [3.05, 3.63) is 59.2 Å². The molecule has 2 rings (SSSR count). The summed E-state index contributed by atoms with van der Waals surface area (Å²) in [6, 6.07) is 8.31. The molecule has 0 aliphatic rings. The molecule has 0 atom stereocenters. The summed E-state index contributed by atoms with van der Waals surface area (Å²) >= 11 is 0. The Morgan fingerprint density at radius 2 is 2.00 bits per heavy atom. The molecule has 0 unspecified atom stereocenters. The summed E-state index contributed by atoms with van der Waals surface area (Å²) in [5.74, 6) is 0. The number of nitrogens with zero attached hydrogens (tertiary/aromatic N) is 3. The predicted molar refractivity (Wildman–Crippen MR) is 95.2 cm³/mol. The first-order valence-corrected chi connectivity index (χ1v) is 8.44. The Kier molecular flexibility index (Phi) is 7.17. The molecule has 0 bridgehead atoms. The summed E-state index contributed by atoms with van der Waals surface area (Å²) in [5, 5.41) is 3.39. The zero-order chi connectivity index (χ0) is 16.5. The third-order valence-corrected chi connectivity index (χ3v) is 3.89. The molecular weight excluding hydrogens is 284 g/mol. The van der Waals surface area contributed by atoms with Gasteiger partial charge in [0.15, 0.2) is 0 Å². The Morgan fingerprint density at radius 1 is 1.13 bits per heavy atom. The molecule has 0 aromatic carbocycles. The Balaban J connectivity index is 2.02. The van der Waals surface area contributed by atoms with Gasteiger partial charge < -0.3 is 5.32 Å². The second-order valence-corrected chi connectivity index (χ2v) is 6.02. The first kappa shape index (κ1) is 17.6. The van der Waals surface area contributed by atoms with Gasteiger partial charge in [0.1, 0.15) is 0 Å². The van der Waals surface area contributed by atoms with Crippen molar-refractivity contribution in [2.24, 2.45) is 0 Å². The standard InChI is InChI=1S/C19H28N4/c1-4-20-9-7-11-23(14-18-8-5-6-10-21-18)15-19-17(3)12-16(2)13-22-19/h5-6,8,10,12-13,20H,4,7,9,11,14-15H2,1-3H3. The zero-order valence-electron chi connectivity index (χ0n) is 14.5. The molecule has 2 aromatic heterocycles. The molecule has 23 heavy (non-hydrogen) atoms. The predicted octanol–water partition coefficient (Wildman–Crippen LogP) is 3.10. The second-order valence-electron chi connectivity index (χ2n) is 6.02. The third-order valence-electron chi connectivity index (χ3n) is 3.89. The van der Waals surface area contributed by atoms with E-state index in [0.29, 0.717) is 0 Å². The van der Waals surface area contributed by atoms with Crippen LogP contribution in [0.25, 0.3) is 0 Å². The first-order valence-electron chi connectivity index (χ1n) is 8.44. The van der Waals surface area contributed by atoms with Crippen molar-refractivity contribution < 1.29 is 0 Å². The molecule has 1 N–H and O–H groups in total. The Bertz CT molecular complexity index is 583. The van der Waals surface area contributed by atoms with Crippen LogP contribution in [0.4, 0.5) is 0 Å². The van der Waals surface area contributed by atoms with Crippen molar-refractivity contribution in [2.45, 2.75) is 40.3 Å². The van der Waals surface area contributed by atoms with Crippen LogP contribution in [0.2, 0.25) is 0 Å². The van der Waals surface area contributed by atoms with E-state index in [2.05, 4.69) is 59.2 Å². The minimum Gasteiger partial charge on any atom is -0.317 e.